The van der Waals surface area contributed by atoms with Gasteiger partial charge >= 0.3 is 5.97 Å². The third-order valence-corrected chi connectivity index (χ3v) is 4.49. The average molecular weight is 313 g/mol. The number of carbonyl (C=O) groups is 2. The minimum atomic E-state index is -0.844. The van der Waals surface area contributed by atoms with Crippen LogP contribution in [0.1, 0.15) is 24.9 Å². The molecule has 1 aromatic carbocycles. The second kappa shape index (κ2) is 6.24. The predicted octanol–water partition coefficient (Wildman–Crippen LogP) is 1.79. The normalized spacial score (nSPS) is 22.0. The van der Waals surface area contributed by atoms with Gasteiger partial charge in [-0.05, 0) is 25.0 Å². The first-order valence-electron chi connectivity index (χ1n) is 7.67. The van der Waals surface area contributed by atoms with Crippen LogP contribution >= 0.6 is 0 Å². The summed E-state index contributed by atoms with van der Waals surface area (Å²) in [6.07, 6.45) is 3.88. The Morgan fingerprint density at radius 3 is 2.57 bits per heavy atom. The van der Waals surface area contributed by atoms with Crippen molar-refractivity contribution in [3.8, 4) is 0 Å². The van der Waals surface area contributed by atoms with Gasteiger partial charge in [-0.25, -0.2) is 0 Å². The number of likely N-dealkylation sites (tertiary alicyclic amines) is 1. The molecule has 2 heterocycles. The maximum atomic E-state index is 13.1. The maximum Gasteiger partial charge on any atom is 0.308 e. The Labute approximate surface area is 134 Å². The highest BCUT2D eigenvalue weighted by molar-refractivity contribution is 5.85. The van der Waals surface area contributed by atoms with Crippen LogP contribution in [0, 0.1) is 5.92 Å². The molecule has 0 spiro atoms. The van der Waals surface area contributed by atoms with Gasteiger partial charge in [-0.1, -0.05) is 30.3 Å². The number of amides is 1. The van der Waals surface area contributed by atoms with E-state index in [0.717, 1.165) is 5.56 Å². The Morgan fingerprint density at radius 2 is 2.00 bits per heavy atom. The van der Waals surface area contributed by atoms with E-state index in [1.165, 1.54) is 0 Å². The van der Waals surface area contributed by atoms with Gasteiger partial charge in [0.05, 0.1) is 5.92 Å². The summed E-state index contributed by atoms with van der Waals surface area (Å²) in [6.45, 7) is 2.26. The molecule has 1 N–H and O–H groups in total. The van der Waals surface area contributed by atoms with Gasteiger partial charge in [0.2, 0.25) is 0 Å². The van der Waals surface area contributed by atoms with Gasteiger partial charge in [-0.3, -0.25) is 14.3 Å². The second-order valence-electron chi connectivity index (χ2n) is 5.80. The van der Waals surface area contributed by atoms with Crippen LogP contribution in [0.2, 0.25) is 0 Å². The third kappa shape index (κ3) is 2.84. The quantitative estimate of drug-likeness (QED) is 0.934. The minimum absolute atomic E-state index is 0.115. The third-order valence-electron chi connectivity index (χ3n) is 4.49. The molecule has 0 aliphatic carbocycles. The molecule has 6 nitrogen and oxygen atoms in total. The zero-order chi connectivity index (χ0) is 16.4. The first-order valence-corrected chi connectivity index (χ1v) is 7.67. The van der Waals surface area contributed by atoms with Crippen LogP contribution in [0.15, 0.2) is 48.8 Å². The van der Waals surface area contributed by atoms with Gasteiger partial charge in [0.15, 0.2) is 6.04 Å². The molecule has 0 bridgehead atoms. The van der Waals surface area contributed by atoms with Crippen molar-refractivity contribution in [1.29, 1.82) is 0 Å². The summed E-state index contributed by atoms with van der Waals surface area (Å²) >= 11 is 0. The Balaban J connectivity index is 1.92. The highest BCUT2D eigenvalue weighted by atomic mass is 16.4. The number of carboxylic acid groups (broad SMARTS) is 1. The van der Waals surface area contributed by atoms with Gasteiger partial charge in [0, 0.05) is 25.0 Å². The lowest BCUT2D eigenvalue weighted by Gasteiger charge is -2.28. The molecule has 3 rings (SSSR count). The van der Waals surface area contributed by atoms with Crippen molar-refractivity contribution >= 4 is 11.9 Å². The summed E-state index contributed by atoms with van der Waals surface area (Å²) in [5, 5.41) is 13.5. The fourth-order valence-corrected chi connectivity index (χ4v) is 3.22. The Bertz CT molecular complexity index is 684. The molecule has 6 heteroatoms. The number of rotatable bonds is 4. The van der Waals surface area contributed by atoms with Crippen LogP contribution in [0.4, 0.5) is 0 Å². The number of carboxylic acids is 1. The molecule has 1 aliphatic heterocycles. The van der Waals surface area contributed by atoms with Crippen LogP contribution < -0.4 is 0 Å². The zero-order valence-corrected chi connectivity index (χ0v) is 12.9. The van der Waals surface area contributed by atoms with Crippen molar-refractivity contribution < 1.29 is 14.7 Å². The van der Waals surface area contributed by atoms with Crippen LogP contribution in [0.5, 0.6) is 0 Å². The van der Waals surface area contributed by atoms with Gasteiger partial charge in [0.1, 0.15) is 0 Å². The number of benzene rings is 1. The van der Waals surface area contributed by atoms with Gasteiger partial charge in [-0.2, -0.15) is 5.10 Å². The first-order chi connectivity index (χ1) is 11.1. The van der Waals surface area contributed by atoms with Crippen LogP contribution in [-0.2, 0) is 9.59 Å². The van der Waals surface area contributed by atoms with Crippen LogP contribution in [0.3, 0.4) is 0 Å². The highest BCUT2D eigenvalue weighted by Crippen LogP contribution is 2.29. The van der Waals surface area contributed by atoms with E-state index in [9.17, 15) is 14.7 Å². The fraction of sp³-hybridized carbons (Fsp3) is 0.353. The smallest absolute Gasteiger partial charge is 0.308 e. The minimum Gasteiger partial charge on any atom is -0.481 e. The Hall–Kier alpha value is -2.63. The van der Waals surface area contributed by atoms with Gasteiger partial charge in [-0.15, -0.1) is 0 Å². The van der Waals surface area contributed by atoms with Crippen molar-refractivity contribution in [3.05, 3.63) is 54.4 Å². The van der Waals surface area contributed by atoms with Crippen molar-refractivity contribution in [1.82, 2.24) is 14.7 Å². The lowest BCUT2D eigenvalue weighted by molar-refractivity contribution is -0.143. The molecule has 1 amide bonds. The number of hydrogen-bond acceptors (Lipinski definition) is 3. The van der Waals surface area contributed by atoms with Gasteiger partial charge < -0.3 is 10.0 Å². The highest BCUT2D eigenvalue weighted by Gasteiger charge is 2.41. The molecule has 0 saturated carbocycles. The fourth-order valence-electron chi connectivity index (χ4n) is 3.22. The number of carbonyl (C=O) groups excluding carboxylic acids is 1. The SMILES string of the molecule is CC1C(C(=O)O)CCN1C(=O)C(c1ccccc1)n1cccn1. The monoisotopic (exact) mass is 313 g/mol. The van der Waals surface area contributed by atoms with E-state index in [1.54, 1.807) is 35.0 Å². The van der Waals surface area contributed by atoms with E-state index in [2.05, 4.69) is 5.10 Å². The molecule has 1 aromatic heterocycles. The van der Waals surface area contributed by atoms with Crippen LogP contribution in [0.25, 0.3) is 0 Å². The summed E-state index contributed by atoms with van der Waals surface area (Å²) in [5.74, 6) is -1.47. The molecule has 120 valence electrons. The molecule has 2 aromatic rings. The summed E-state index contributed by atoms with van der Waals surface area (Å²) in [4.78, 5) is 26.1. The number of aromatic nitrogens is 2. The first kappa shape index (κ1) is 15.3. The molecule has 3 unspecified atom stereocenters. The van der Waals surface area contributed by atoms with Crippen molar-refractivity contribution in [3.63, 3.8) is 0 Å². The summed E-state index contributed by atoms with van der Waals surface area (Å²) < 4.78 is 1.62. The van der Waals surface area contributed by atoms with Crippen molar-refractivity contribution in [2.45, 2.75) is 25.4 Å². The molecule has 3 atom stereocenters. The predicted molar refractivity (Wildman–Crippen MR) is 83.7 cm³/mol. The van der Waals surface area contributed by atoms with Crippen molar-refractivity contribution in [2.24, 2.45) is 5.92 Å². The Morgan fingerprint density at radius 1 is 1.26 bits per heavy atom. The Kier molecular flexibility index (Phi) is 4.14. The molecule has 1 saturated heterocycles. The topological polar surface area (TPSA) is 75.4 Å². The summed E-state index contributed by atoms with van der Waals surface area (Å²) in [6, 6.07) is 10.3. The largest absolute Gasteiger partial charge is 0.481 e. The number of nitrogens with zero attached hydrogens (tertiary/aromatic N) is 3. The molecular formula is C17H19N3O3. The molecule has 0 radical (unpaired) electrons. The molecule has 1 aliphatic rings. The molecule has 23 heavy (non-hydrogen) atoms. The molecular weight excluding hydrogens is 294 g/mol. The second-order valence-corrected chi connectivity index (χ2v) is 5.80. The maximum absolute atomic E-state index is 13.1. The zero-order valence-electron chi connectivity index (χ0n) is 12.9. The number of hydrogen-bond donors (Lipinski definition) is 1. The summed E-state index contributed by atoms with van der Waals surface area (Å²) in [7, 11) is 0. The van der Waals surface area contributed by atoms with E-state index < -0.39 is 17.9 Å². The number of aliphatic carboxylic acids is 1. The van der Waals surface area contributed by atoms with E-state index >= 15 is 0 Å². The van der Waals surface area contributed by atoms with Crippen molar-refractivity contribution in [2.75, 3.05) is 6.54 Å². The lowest BCUT2D eigenvalue weighted by Crippen LogP contribution is -2.42. The van der Waals surface area contributed by atoms with E-state index in [0.29, 0.717) is 13.0 Å². The van der Waals surface area contributed by atoms with Gasteiger partial charge in [0.25, 0.3) is 5.91 Å². The lowest BCUT2D eigenvalue weighted by atomic mass is 10.0. The molecule has 1 fully saturated rings. The van der Waals surface area contributed by atoms with E-state index in [1.807, 2.05) is 30.3 Å². The van der Waals surface area contributed by atoms with E-state index in [-0.39, 0.29) is 11.9 Å². The summed E-state index contributed by atoms with van der Waals surface area (Å²) in [5.41, 5.74) is 0.840. The standard InChI is InChI=1S/C17H19N3O3/c1-12-14(17(22)23)8-11-19(12)16(21)15(20-10-5-9-18-20)13-6-3-2-4-7-13/h2-7,9-10,12,14-15H,8,11H2,1H3,(H,22,23). The average Bonchev–Trinajstić information content (AvgIpc) is 3.18. The van der Waals surface area contributed by atoms with Crippen LogP contribution in [-0.4, -0.2) is 44.3 Å². The van der Waals surface area contributed by atoms with E-state index in [4.69, 9.17) is 0 Å².